The average molecular weight is 369 g/mol. The van der Waals surface area contributed by atoms with Crippen molar-refractivity contribution in [3.05, 3.63) is 59.0 Å². The third kappa shape index (κ3) is 3.69. The number of benzene rings is 1. The van der Waals surface area contributed by atoms with Gasteiger partial charge in [-0.3, -0.25) is 4.98 Å². The molecule has 6 heteroatoms. The molecule has 0 aliphatic carbocycles. The molecule has 134 valence electrons. The van der Waals surface area contributed by atoms with E-state index in [0.29, 0.717) is 10.9 Å². The lowest BCUT2D eigenvalue weighted by molar-refractivity contribution is 0.152. The summed E-state index contributed by atoms with van der Waals surface area (Å²) < 4.78 is 5.44. The van der Waals surface area contributed by atoms with Crippen LogP contribution in [0.1, 0.15) is 24.6 Å². The Labute approximate surface area is 157 Å². The van der Waals surface area contributed by atoms with E-state index in [1.807, 2.05) is 50.2 Å². The van der Waals surface area contributed by atoms with Crippen LogP contribution in [0.3, 0.4) is 0 Å². The maximum Gasteiger partial charge on any atom is 0.152 e. The molecule has 3 aromatic rings. The van der Waals surface area contributed by atoms with Gasteiger partial charge in [-0.25, -0.2) is 4.98 Å². The zero-order valence-electron chi connectivity index (χ0n) is 15.0. The van der Waals surface area contributed by atoms with Gasteiger partial charge in [0, 0.05) is 35.6 Å². The average Bonchev–Trinajstić information content (AvgIpc) is 2.63. The van der Waals surface area contributed by atoms with E-state index in [0.717, 1.165) is 40.0 Å². The van der Waals surface area contributed by atoms with Gasteiger partial charge in [-0.1, -0.05) is 24.6 Å². The molecule has 0 bridgehead atoms. The van der Waals surface area contributed by atoms with Crippen molar-refractivity contribution in [3.8, 4) is 0 Å². The highest BCUT2D eigenvalue weighted by molar-refractivity contribution is 6.32. The van der Waals surface area contributed by atoms with Crippen molar-refractivity contribution in [1.82, 2.24) is 9.97 Å². The number of hydrogen-bond acceptors (Lipinski definition) is 5. The smallest absolute Gasteiger partial charge is 0.152 e. The number of methoxy groups -OCH3 is 1. The Hall–Kier alpha value is -2.50. The zero-order chi connectivity index (χ0) is 18.7. The first-order chi connectivity index (χ1) is 12.5. The monoisotopic (exact) mass is 368 g/mol. The number of halogens is 1. The van der Waals surface area contributed by atoms with Gasteiger partial charge in [-0.05, 0) is 43.7 Å². The molecule has 2 heterocycles. The highest BCUT2D eigenvalue weighted by Crippen LogP contribution is 2.27. The van der Waals surface area contributed by atoms with Gasteiger partial charge in [-0.15, -0.1) is 0 Å². The van der Waals surface area contributed by atoms with Gasteiger partial charge in [0.25, 0.3) is 0 Å². The van der Waals surface area contributed by atoms with Gasteiger partial charge in [0.05, 0.1) is 23.0 Å². The Morgan fingerprint density at radius 3 is 2.81 bits per heavy atom. The molecule has 0 aliphatic rings. The first kappa shape index (κ1) is 18.3. The largest absolute Gasteiger partial charge is 0.375 e. The number of rotatable bonds is 6. The first-order valence-corrected chi connectivity index (χ1v) is 8.81. The molecule has 0 saturated heterocycles. The number of ether oxygens (including phenoxy) is 1. The molecule has 0 amide bonds. The van der Waals surface area contributed by atoms with Crippen LogP contribution < -0.4 is 5.32 Å². The molecular formula is C20H21ClN4O. The summed E-state index contributed by atoms with van der Waals surface area (Å²) >= 11 is 6.12. The van der Waals surface area contributed by atoms with Crippen molar-refractivity contribution < 1.29 is 4.74 Å². The summed E-state index contributed by atoms with van der Waals surface area (Å²) in [7, 11) is 1.64. The highest BCUT2D eigenvalue weighted by Gasteiger charge is 2.17. The molecule has 5 nitrogen and oxygen atoms in total. The molecule has 0 fully saturated rings. The topological polar surface area (TPSA) is 70.9 Å². The zero-order valence-corrected chi connectivity index (χ0v) is 15.8. The van der Waals surface area contributed by atoms with Crippen LogP contribution in [-0.2, 0) is 4.74 Å². The van der Waals surface area contributed by atoms with Crippen LogP contribution in [0.25, 0.3) is 10.9 Å². The molecule has 0 radical (unpaired) electrons. The van der Waals surface area contributed by atoms with E-state index in [2.05, 4.69) is 15.3 Å². The van der Waals surface area contributed by atoms with Crippen LogP contribution >= 0.6 is 11.6 Å². The predicted molar refractivity (Wildman–Crippen MR) is 107 cm³/mol. The number of pyridine rings is 2. The lowest BCUT2D eigenvalue weighted by Gasteiger charge is -2.17. The quantitative estimate of drug-likeness (QED) is 0.467. The second-order valence-corrected chi connectivity index (χ2v) is 6.41. The molecule has 3 rings (SSSR count). The number of nitrogens with zero attached hydrogens (tertiary/aromatic N) is 2. The number of nitrogens with one attached hydrogen (secondary N) is 2. The van der Waals surface area contributed by atoms with E-state index in [9.17, 15) is 0 Å². The molecule has 0 spiro atoms. The molecular weight excluding hydrogens is 348 g/mol. The van der Waals surface area contributed by atoms with Gasteiger partial charge in [0.1, 0.15) is 0 Å². The molecule has 1 atom stereocenters. The van der Waals surface area contributed by atoms with Crippen LogP contribution in [0.5, 0.6) is 0 Å². The van der Waals surface area contributed by atoms with Crippen molar-refractivity contribution in [2.24, 2.45) is 0 Å². The van der Waals surface area contributed by atoms with E-state index in [1.54, 1.807) is 13.3 Å². The SMILES string of the molecule is CC[C@H](OC)C(=N)c1cc(C)nc2cc(Nc3cccnc3Cl)ccc12. The Morgan fingerprint density at radius 1 is 1.31 bits per heavy atom. The minimum absolute atomic E-state index is 0.230. The minimum atomic E-state index is -0.230. The summed E-state index contributed by atoms with van der Waals surface area (Å²) in [6.07, 6.45) is 2.17. The number of hydrogen-bond donors (Lipinski definition) is 2. The maximum absolute atomic E-state index is 8.53. The van der Waals surface area contributed by atoms with Crippen molar-refractivity contribution >= 4 is 39.6 Å². The standard InChI is InChI=1S/C20H21ClN4O/c1-4-18(26-3)19(22)15-10-12(2)24-17-11-13(7-8-14(15)17)25-16-6-5-9-23-20(16)21/h5-11,18,22,25H,4H2,1-3H3/t18-/m0/s1. The Morgan fingerprint density at radius 2 is 2.12 bits per heavy atom. The normalized spacial score (nSPS) is 12.2. The second kappa shape index (κ2) is 7.81. The second-order valence-electron chi connectivity index (χ2n) is 6.06. The van der Waals surface area contributed by atoms with Gasteiger partial charge >= 0.3 is 0 Å². The van der Waals surface area contributed by atoms with Crippen LogP contribution in [0, 0.1) is 12.3 Å². The van der Waals surface area contributed by atoms with Crippen LogP contribution in [0.4, 0.5) is 11.4 Å². The molecule has 26 heavy (non-hydrogen) atoms. The minimum Gasteiger partial charge on any atom is -0.375 e. The summed E-state index contributed by atoms with van der Waals surface area (Å²) in [5.41, 5.74) is 4.61. The van der Waals surface area contributed by atoms with E-state index in [-0.39, 0.29) is 6.10 Å². The van der Waals surface area contributed by atoms with Gasteiger partial charge in [0.15, 0.2) is 5.15 Å². The van der Waals surface area contributed by atoms with Crippen molar-refractivity contribution in [2.75, 3.05) is 12.4 Å². The van der Waals surface area contributed by atoms with Crippen molar-refractivity contribution in [3.63, 3.8) is 0 Å². The summed E-state index contributed by atoms with van der Waals surface area (Å²) in [4.78, 5) is 8.70. The Kier molecular flexibility index (Phi) is 5.49. The molecule has 0 aliphatic heterocycles. The number of aryl methyl sites for hydroxylation is 1. The first-order valence-electron chi connectivity index (χ1n) is 8.44. The molecule has 2 aromatic heterocycles. The third-order valence-electron chi connectivity index (χ3n) is 4.24. The fourth-order valence-electron chi connectivity index (χ4n) is 2.96. The predicted octanol–water partition coefficient (Wildman–Crippen LogP) is 5.13. The lowest BCUT2D eigenvalue weighted by Crippen LogP contribution is -2.22. The van der Waals surface area contributed by atoms with E-state index < -0.39 is 0 Å². The third-order valence-corrected chi connectivity index (χ3v) is 4.54. The molecule has 2 N–H and O–H groups in total. The van der Waals surface area contributed by atoms with Gasteiger partial charge in [-0.2, -0.15) is 0 Å². The lowest BCUT2D eigenvalue weighted by atomic mass is 9.98. The molecule has 0 saturated carbocycles. The summed E-state index contributed by atoms with van der Waals surface area (Å²) in [6, 6.07) is 11.5. The number of aromatic nitrogens is 2. The maximum atomic E-state index is 8.53. The fourth-order valence-corrected chi connectivity index (χ4v) is 3.12. The van der Waals surface area contributed by atoms with E-state index >= 15 is 0 Å². The Balaban J connectivity index is 2.03. The van der Waals surface area contributed by atoms with E-state index in [1.165, 1.54) is 0 Å². The number of fused-ring (bicyclic) bond motifs is 1. The number of anilines is 2. The molecule has 0 unspecified atom stereocenters. The fraction of sp³-hybridized carbons (Fsp3) is 0.250. The highest BCUT2D eigenvalue weighted by atomic mass is 35.5. The van der Waals surface area contributed by atoms with Gasteiger partial charge < -0.3 is 15.5 Å². The van der Waals surface area contributed by atoms with Crippen LogP contribution in [-0.4, -0.2) is 28.9 Å². The summed E-state index contributed by atoms with van der Waals surface area (Å²) in [6.45, 7) is 3.95. The summed E-state index contributed by atoms with van der Waals surface area (Å²) in [5, 5.41) is 13.1. The van der Waals surface area contributed by atoms with Crippen molar-refractivity contribution in [1.29, 1.82) is 5.41 Å². The Bertz CT molecular complexity index is 954. The van der Waals surface area contributed by atoms with Gasteiger partial charge in [0.2, 0.25) is 0 Å². The van der Waals surface area contributed by atoms with Crippen LogP contribution in [0.2, 0.25) is 5.15 Å². The molecule has 1 aromatic carbocycles. The van der Waals surface area contributed by atoms with Crippen LogP contribution in [0.15, 0.2) is 42.6 Å². The summed E-state index contributed by atoms with van der Waals surface area (Å²) in [5.74, 6) is 0. The van der Waals surface area contributed by atoms with E-state index in [4.69, 9.17) is 21.7 Å². The van der Waals surface area contributed by atoms with Crippen molar-refractivity contribution in [2.45, 2.75) is 26.4 Å².